The zero-order chi connectivity index (χ0) is 14.3. The molecule has 0 aliphatic heterocycles. The summed E-state index contributed by atoms with van der Waals surface area (Å²) in [4.78, 5) is 10.4. The number of halogens is 1. The van der Waals surface area contributed by atoms with Crippen LogP contribution in [-0.2, 0) is 4.79 Å². The van der Waals surface area contributed by atoms with Crippen LogP contribution in [0.15, 0.2) is 0 Å². The molecule has 0 amide bonds. The highest BCUT2D eigenvalue weighted by atomic mass is 35.5. The molecule has 1 atom stereocenters. The molecule has 3 nitrogen and oxygen atoms in total. The molecule has 0 heterocycles. The molecule has 122 valence electrons. The van der Waals surface area contributed by atoms with Gasteiger partial charge in [0.1, 0.15) is 0 Å². The van der Waals surface area contributed by atoms with E-state index < -0.39 is 12.1 Å². The summed E-state index contributed by atoms with van der Waals surface area (Å²) >= 11 is 0. The molecule has 0 aromatic carbocycles. The highest BCUT2D eigenvalue weighted by molar-refractivity contribution is 5.85. The van der Waals surface area contributed by atoms with Crippen LogP contribution in [0.4, 0.5) is 0 Å². The van der Waals surface area contributed by atoms with Gasteiger partial charge in [-0.3, -0.25) is 0 Å². The van der Waals surface area contributed by atoms with Crippen molar-refractivity contribution in [2.24, 2.45) is 0 Å². The van der Waals surface area contributed by atoms with E-state index >= 15 is 0 Å². The first kappa shape index (κ1) is 22.0. The molecular formula is C16H33ClO3. The molecule has 0 aromatic heterocycles. The predicted octanol–water partition coefficient (Wildman–Crippen LogP) is 4.94. The Balaban J connectivity index is 0. The van der Waals surface area contributed by atoms with Gasteiger partial charge in [0, 0.05) is 0 Å². The lowest BCUT2D eigenvalue weighted by Gasteiger charge is -2.05. The van der Waals surface area contributed by atoms with E-state index in [2.05, 4.69) is 6.92 Å². The van der Waals surface area contributed by atoms with Crippen LogP contribution in [-0.4, -0.2) is 22.3 Å². The summed E-state index contributed by atoms with van der Waals surface area (Å²) in [6, 6.07) is 0. The van der Waals surface area contributed by atoms with Crippen molar-refractivity contribution in [1.29, 1.82) is 0 Å². The summed E-state index contributed by atoms with van der Waals surface area (Å²) < 4.78 is 0. The minimum absolute atomic E-state index is 0. The highest BCUT2D eigenvalue weighted by Gasteiger charge is 2.11. The Morgan fingerprint density at radius 1 is 0.800 bits per heavy atom. The third-order valence-electron chi connectivity index (χ3n) is 3.62. The summed E-state index contributed by atoms with van der Waals surface area (Å²) in [6.07, 6.45) is 14.4. The van der Waals surface area contributed by atoms with Gasteiger partial charge in [-0.2, -0.15) is 0 Å². The van der Waals surface area contributed by atoms with Crippen molar-refractivity contribution in [2.75, 3.05) is 0 Å². The zero-order valence-electron chi connectivity index (χ0n) is 13.0. The molecule has 0 bridgehead atoms. The van der Waals surface area contributed by atoms with Crippen molar-refractivity contribution in [3.05, 3.63) is 0 Å². The van der Waals surface area contributed by atoms with E-state index in [9.17, 15) is 4.79 Å². The van der Waals surface area contributed by atoms with Gasteiger partial charge >= 0.3 is 5.97 Å². The van der Waals surface area contributed by atoms with E-state index in [0.29, 0.717) is 6.42 Å². The molecule has 0 rings (SSSR count). The van der Waals surface area contributed by atoms with Gasteiger partial charge in [0.15, 0.2) is 6.10 Å². The average molecular weight is 309 g/mol. The van der Waals surface area contributed by atoms with E-state index in [1.807, 2.05) is 0 Å². The lowest BCUT2D eigenvalue weighted by molar-refractivity contribution is -0.146. The minimum Gasteiger partial charge on any atom is -0.479 e. The molecule has 0 fully saturated rings. The molecule has 1 unspecified atom stereocenters. The Bertz CT molecular complexity index is 210. The van der Waals surface area contributed by atoms with Gasteiger partial charge in [-0.25, -0.2) is 4.79 Å². The first-order valence-corrected chi connectivity index (χ1v) is 8.09. The summed E-state index contributed by atoms with van der Waals surface area (Å²) in [5.74, 6) is -1.09. The summed E-state index contributed by atoms with van der Waals surface area (Å²) in [7, 11) is 0. The van der Waals surface area contributed by atoms with Gasteiger partial charge in [0.05, 0.1) is 0 Å². The molecule has 0 aliphatic carbocycles. The number of hydrogen-bond donors (Lipinski definition) is 2. The fraction of sp³-hybridized carbons (Fsp3) is 0.938. The monoisotopic (exact) mass is 308 g/mol. The second-order valence-electron chi connectivity index (χ2n) is 5.53. The predicted molar refractivity (Wildman–Crippen MR) is 86.6 cm³/mol. The second kappa shape index (κ2) is 16.8. The zero-order valence-corrected chi connectivity index (χ0v) is 13.8. The number of aliphatic carboxylic acids is 1. The second-order valence-corrected chi connectivity index (χ2v) is 5.53. The van der Waals surface area contributed by atoms with E-state index in [4.69, 9.17) is 10.2 Å². The maximum absolute atomic E-state index is 10.4. The fourth-order valence-corrected chi connectivity index (χ4v) is 2.30. The summed E-state index contributed by atoms with van der Waals surface area (Å²) in [5, 5.41) is 17.6. The molecule has 20 heavy (non-hydrogen) atoms. The Morgan fingerprint density at radius 2 is 1.15 bits per heavy atom. The van der Waals surface area contributed by atoms with Crippen LogP contribution in [0.25, 0.3) is 0 Å². The van der Waals surface area contributed by atoms with E-state index in [0.717, 1.165) is 12.8 Å². The highest BCUT2D eigenvalue weighted by Crippen LogP contribution is 2.12. The number of hydrogen-bond acceptors (Lipinski definition) is 2. The number of carbonyl (C=O) groups is 1. The molecule has 0 saturated carbocycles. The number of aliphatic hydroxyl groups excluding tert-OH is 1. The number of rotatable bonds is 14. The fourth-order valence-electron chi connectivity index (χ4n) is 2.30. The Morgan fingerprint density at radius 3 is 1.50 bits per heavy atom. The van der Waals surface area contributed by atoms with Crippen molar-refractivity contribution in [3.63, 3.8) is 0 Å². The topological polar surface area (TPSA) is 57.5 Å². The SMILES string of the molecule is CCCCCCCCCCCCCCC(O)C(=O)O.Cl. The first-order chi connectivity index (χ1) is 9.18. The van der Waals surface area contributed by atoms with Crippen LogP contribution in [0.1, 0.15) is 90.4 Å². The number of carboxylic acids is 1. The molecule has 4 heteroatoms. The Labute approximate surface area is 130 Å². The molecule has 0 aromatic rings. The molecule has 0 radical (unpaired) electrons. The number of carboxylic acid groups (broad SMARTS) is 1. The third kappa shape index (κ3) is 15.8. The van der Waals surface area contributed by atoms with Crippen LogP contribution in [0.5, 0.6) is 0 Å². The van der Waals surface area contributed by atoms with Gasteiger partial charge in [-0.15, -0.1) is 12.4 Å². The van der Waals surface area contributed by atoms with Crippen molar-refractivity contribution in [2.45, 2.75) is 96.5 Å². The molecule has 0 spiro atoms. The van der Waals surface area contributed by atoms with Gasteiger partial charge < -0.3 is 10.2 Å². The van der Waals surface area contributed by atoms with E-state index in [-0.39, 0.29) is 12.4 Å². The van der Waals surface area contributed by atoms with Crippen molar-refractivity contribution in [3.8, 4) is 0 Å². The third-order valence-corrected chi connectivity index (χ3v) is 3.62. The number of aliphatic hydroxyl groups is 1. The van der Waals surface area contributed by atoms with Crippen molar-refractivity contribution < 1.29 is 15.0 Å². The van der Waals surface area contributed by atoms with E-state index in [1.54, 1.807) is 0 Å². The summed E-state index contributed by atoms with van der Waals surface area (Å²) in [5.41, 5.74) is 0. The smallest absolute Gasteiger partial charge is 0.332 e. The molecule has 0 saturated heterocycles. The van der Waals surface area contributed by atoms with Gasteiger partial charge in [0.25, 0.3) is 0 Å². The molecular weight excluding hydrogens is 276 g/mol. The Kier molecular flexibility index (Phi) is 18.5. The standard InChI is InChI=1S/C16H32O3.ClH/c1-2-3-4-5-6-7-8-9-10-11-12-13-14-15(17)16(18)19;/h15,17H,2-14H2,1H3,(H,18,19);1H. The number of unbranched alkanes of at least 4 members (excludes halogenated alkanes) is 11. The van der Waals surface area contributed by atoms with Gasteiger partial charge in [-0.1, -0.05) is 84.0 Å². The van der Waals surface area contributed by atoms with Gasteiger partial charge in [0.2, 0.25) is 0 Å². The van der Waals surface area contributed by atoms with Crippen LogP contribution < -0.4 is 0 Å². The maximum Gasteiger partial charge on any atom is 0.332 e. The quantitative estimate of drug-likeness (QED) is 0.447. The molecule has 0 aliphatic rings. The first-order valence-electron chi connectivity index (χ1n) is 8.09. The van der Waals surface area contributed by atoms with E-state index in [1.165, 1.54) is 64.2 Å². The summed E-state index contributed by atoms with van der Waals surface area (Å²) in [6.45, 7) is 2.25. The average Bonchev–Trinajstić information content (AvgIpc) is 2.39. The van der Waals surface area contributed by atoms with Crippen LogP contribution >= 0.6 is 12.4 Å². The maximum atomic E-state index is 10.4. The molecule has 2 N–H and O–H groups in total. The normalized spacial score (nSPS) is 11.9. The van der Waals surface area contributed by atoms with Crippen molar-refractivity contribution in [1.82, 2.24) is 0 Å². The van der Waals surface area contributed by atoms with Gasteiger partial charge in [-0.05, 0) is 6.42 Å². The van der Waals surface area contributed by atoms with Crippen LogP contribution in [0.3, 0.4) is 0 Å². The van der Waals surface area contributed by atoms with Crippen LogP contribution in [0, 0.1) is 0 Å². The van der Waals surface area contributed by atoms with Crippen molar-refractivity contribution >= 4 is 18.4 Å². The lowest BCUT2D eigenvalue weighted by atomic mass is 10.0. The largest absolute Gasteiger partial charge is 0.479 e. The van der Waals surface area contributed by atoms with Crippen LogP contribution in [0.2, 0.25) is 0 Å². The lowest BCUT2D eigenvalue weighted by Crippen LogP contribution is -2.18. The minimum atomic E-state index is -1.16. The Hall–Kier alpha value is -0.280.